The molecule has 0 fully saturated rings. The maximum atomic E-state index is 11.2. The summed E-state index contributed by atoms with van der Waals surface area (Å²) in [5.74, 6) is -0.974. The van der Waals surface area contributed by atoms with Crippen LogP contribution in [0.2, 0.25) is 0 Å². The zero-order valence-corrected chi connectivity index (χ0v) is 15.3. The average Bonchev–Trinajstić information content (AvgIpc) is 2.89. The van der Waals surface area contributed by atoms with Gasteiger partial charge in [-0.05, 0) is 29.7 Å². The molecule has 1 atom stereocenters. The second-order valence-electron chi connectivity index (χ2n) is 5.84. The molecule has 0 spiro atoms. The topological polar surface area (TPSA) is 68.2 Å². The van der Waals surface area contributed by atoms with Gasteiger partial charge >= 0.3 is 5.97 Å². The monoisotopic (exact) mass is 338 g/mol. The number of nitrogens with zero attached hydrogens (tertiary/aromatic N) is 1. The highest BCUT2D eigenvalue weighted by molar-refractivity contribution is 5.99. The van der Waals surface area contributed by atoms with E-state index in [1.54, 1.807) is 0 Å². The summed E-state index contributed by atoms with van der Waals surface area (Å²) in [7, 11) is 2.00. The zero-order chi connectivity index (χ0) is 18.6. The number of aliphatic carboxylic acids is 1. The van der Waals surface area contributed by atoms with Gasteiger partial charge in [0.05, 0.1) is 0 Å². The average molecular weight is 338 g/mol. The van der Waals surface area contributed by atoms with Gasteiger partial charge in [0.2, 0.25) is 0 Å². The van der Waals surface area contributed by atoms with E-state index in [0.29, 0.717) is 6.42 Å². The predicted octanol–water partition coefficient (Wildman–Crippen LogP) is 4.13. The highest BCUT2D eigenvalue weighted by Gasteiger charge is 2.20. The Morgan fingerprint density at radius 3 is 2.36 bits per heavy atom. The second-order valence-corrected chi connectivity index (χ2v) is 5.84. The smallest absolute Gasteiger partial charge is 0.320 e. The maximum absolute atomic E-state index is 11.2. The summed E-state index contributed by atoms with van der Waals surface area (Å²) in [6.07, 6.45) is 0.322. The van der Waals surface area contributed by atoms with Gasteiger partial charge in [-0.3, -0.25) is 4.79 Å². The van der Waals surface area contributed by atoms with Gasteiger partial charge in [-0.2, -0.15) is 0 Å². The number of aromatic nitrogens is 1. The lowest BCUT2D eigenvalue weighted by Gasteiger charge is -2.10. The summed E-state index contributed by atoms with van der Waals surface area (Å²) in [5.41, 5.74) is 11.2. The number of aryl methyl sites for hydroxylation is 1. The van der Waals surface area contributed by atoms with E-state index in [1.165, 1.54) is 0 Å². The summed E-state index contributed by atoms with van der Waals surface area (Å²) in [6.45, 7) is 6.01. The fourth-order valence-corrected chi connectivity index (χ4v) is 3.12. The molecular weight excluding hydrogens is 312 g/mol. The second kappa shape index (κ2) is 7.99. The van der Waals surface area contributed by atoms with Crippen LogP contribution in [0.1, 0.15) is 25.1 Å². The number of fused-ring (bicyclic) bond motifs is 1. The Bertz CT molecular complexity index is 866. The van der Waals surface area contributed by atoms with Crippen molar-refractivity contribution in [2.24, 2.45) is 12.8 Å². The molecule has 0 amide bonds. The first kappa shape index (κ1) is 18.7. The first-order chi connectivity index (χ1) is 12.0. The van der Waals surface area contributed by atoms with E-state index in [9.17, 15) is 4.79 Å². The van der Waals surface area contributed by atoms with Crippen molar-refractivity contribution in [3.63, 3.8) is 0 Å². The molecule has 1 heterocycles. The Morgan fingerprint density at radius 2 is 1.76 bits per heavy atom. The molecule has 0 aliphatic rings. The molecule has 3 N–H and O–H groups in total. The third-order valence-corrected chi connectivity index (χ3v) is 4.47. The highest BCUT2D eigenvalue weighted by Crippen LogP contribution is 2.34. The molecule has 1 unspecified atom stereocenters. The van der Waals surface area contributed by atoms with E-state index >= 15 is 0 Å². The van der Waals surface area contributed by atoms with Crippen LogP contribution in [0, 0.1) is 6.92 Å². The molecule has 0 aliphatic heterocycles. The van der Waals surface area contributed by atoms with Crippen molar-refractivity contribution in [2.75, 3.05) is 0 Å². The van der Waals surface area contributed by atoms with Crippen LogP contribution in [-0.4, -0.2) is 21.7 Å². The molecule has 132 valence electrons. The summed E-state index contributed by atoms with van der Waals surface area (Å²) in [4.78, 5) is 11.2. The van der Waals surface area contributed by atoms with E-state index in [1.807, 2.05) is 52.1 Å². The molecule has 3 rings (SSSR count). The van der Waals surface area contributed by atoms with E-state index in [2.05, 4.69) is 28.8 Å². The lowest BCUT2D eigenvalue weighted by molar-refractivity contribution is -0.138. The van der Waals surface area contributed by atoms with Gasteiger partial charge in [-0.1, -0.05) is 56.3 Å². The van der Waals surface area contributed by atoms with Crippen LogP contribution in [0.4, 0.5) is 0 Å². The normalized spacial score (nSPS) is 11.7. The molecule has 3 aromatic rings. The predicted molar refractivity (Wildman–Crippen MR) is 104 cm³/mol. The van der Waals surface area contributed by atoms with Crippen LogP contribution in [0.25, 0.3) is 22.0 Å². The van der Waals surface area contributed by atoms with Gasteiger partial charge in [-0.25, -0.2) is 0 Å². The Kier molecular flexibility index (Phi) is 5.99. The van der Waals surface area contributed by atoms with Crippen LogP contribution < -0.4 is 5.73 Å². The summed E-state index contributed by atoms with van der Waals surface area (Å²) in [5, 5.41) is 10.3. The fraction of sp³-hybridized carbons (Fsp3) is 0.286. The van der Waals surface area contributed by atoms with Crippen molar-refractivity contribution in [1.29, 1.82) is 0 Å². The molecule has 0 saturated heterocycles. The van der Waals surface area contributed by atoms with E-state index in [0.717, 1.165) is 33.3 Å². The van der Waals surface area contributed by atoms with Gasteiger partial charge < -0.3 is 15.4 Å². The van der Waals surface area contributed by atoms with Crippen LogP contribution in [-0.2, 0) is 18.3 Å². The minimum Gasteiger partial charge on any atom is -0.480 e. The Balaban J connectivity index is 0.00000109. The van der Waals surface area contributed by atoms with E-state index in [-0.39, 0.29) is 0 Å². The number of benzene rings is 2. The minimum atomic E-state index is -0.974. The third-order valence-electron chi connectivity index (χ3n) is 4.47. The summed E-state index contributed by atoms with van der Waals surface area (Å²) < 4.78 is 2.10. The fourth-order valence-electron chi connectivity index (χ4n) is 3.12. The number of carboxylic acids is 1. The summed E-state index contributed by atoms with van der Waals surface area (Å²) >= 11 is 0. The number of carbonyl (C=O) groups is 1. The van der Waals surface area contributed by atoms with Crippen molar-refractivity contribution < 1.29 is 9.90 Å². The highest BCUT2D eigenvalue weighted by atomic mass is 16.4. The quantitative estimate of drug-likeness (QED) is 0.751. The third kappa shape index (κ3) is 3.59. The largest absolute Gasteiger partial charge is 0.480 e. The van der Waals surface area contributed by atoms with Crippen LogP contribution in [0.5, 0.6) is 0 Å². The molecule has 0 bridgehead atoms. The molecule has 0 radical (unpaired) electrons. The molecule has 4 nitrogen and oxygen atoms in total. The van der Waals surface area contributed by atoms with Crippen molar-refractivity contribution in [2.45, 2.75) is 33.2 Å². The van der Waals surface area contributed by atoms with Crippen molar-refractivity contribution in [1.82, 2.24) is 4.57 Å². The van der Waals surface area contributed by atoms with E-state index in [4.69, 9.17) is 10.8 Å². The van der Waals surface area contributed by atoms with Crippen LogP contribution >= 0.6 is 0 Å². The Labute approximate surface area is 148 Å². The van der Waals surface area contributed by atoms with Crippen molar-refractivity contribution in [3.8, 4) is 11.1 Å². The Hall–Kier alpha value is -2.59. The van der Waals surface area contributed by atoms with Crippen LogP contribution in [0.3, 0.4) is 0 Å². The number of nitrogens with two attached hydrogens (primary N) is 1. The molecule has 0 aliphatic carbocycles. The summed E-state index contributed by atoms with van der Waals surface area (Å²) in [6, 6.07) is 15.4. The number of hydrogen-bond acceptors (Lipinski definition) is 2. The first-order valence-electron chi connectivity index (χ1n) is 8.61. The number of carboxylic acid groups (broad SMARTS) is 1. The molecule has 1 aromatic heterocycles. The standard InChI is InChI=1S/C19H20N2O2.C2H6/c1-12-15(11-16(20)19(22)23)18-14(13-7-4-3-5-8-13)9-6-10-17(18)21(12)2;1-2/h3-10,16H,11,20H2,1-2H3,(H,22,23);1-2H3. The van der Waals surface area contributed by atoms with Gasteiger partial charge in [0.1, 0.15) is 6.04 Å². The van der Waals surface area contributed by atoms with Gasteiger partial charge in [0.15, 0.2) is 0 Å². The SMILES string of the molecule is CC.Cc1c(CC(N)C(=O)O)c2c(-c3ccccc3)cccc2n1C. The van der Waals surface area contributed by atoms with Gasteiger partial charge in [0.25, 0.3) is 0 Å². The zero-order valence-electron chi connectivity index (χ0n) is 15.3. The van der Waals surface area contributed by atoms with Gasteiger partial charge in [-0.15, -0.1) is 0 Å². The lowest BCUT2D eigenvalue weighted by Crippen LogP contribution is -2.32. The molecule has 2 aromatic carbocycles. The van der Waals surface area contributed by atoms with Gasteiger partial charge in [0, 0.05) is 30.1 Å². The molecule has 4 heteroatoms. The minimum absolute atomic E-state index is 0.322. The lowest BCUT2D eigenvalue weighted by atomic mass is 9.95. The van der Waals surface area contributed by atoms with E-state index < -0.39 is 12.0 Å². The first-order valence-corrected chi connectivity index (χ1v) is 8.61. The van der Waals surface area contributed by atoms with Crippen molar-refractivity contribution in [3.05, 3.63) is 59.8 Å². The molecular formula is C21H26N2O2. The van der Waals surface area contributed by atoms with Crippen LogP contribution in [0.15, 0.2) is 48.5 Å². The number of rotatable bonds is 4. The van der Waals surface area contributed by atoms with Crippen molar-refractivity contribution >= 4 is 16.9 Å². The number of hydrogen-bond donors (Lipinski definition) is 2. The molecule has 25 heavy (non-hydrogen) atoms. The molecule has 0 saturated carbocycles. The maximum Gasteiger partial charge on any atom is 0.320 e. The Morgan fingerprint density at radius 1 is 1.12 bits per heavy atom.